The number of alkyl halides is 3. The highest BCUT2D eigenvalue weighted by atomic mass is 19.4. The van der Waals surface area contributed by atoms with Gasteiger partial charge in [-0.25, -0.2) is 4.39 Å². The normalized spacial score (nSPS) is 18.9. The lowest BCUT2D eigenvalue weighted by Crippen LogP contribution is -2.49. The second kappa shape index (κ2) is 6.75. The van der Waals surface area contributed by atoms with E-state index in [2.05, 4.69) is 5.32 Å². The summed E-state index contributed by atoms with van der Waals surface area (Å²) in [6, 6.07) is 2.73. The third kappa shape index (κ3) is 3.84. The molecule has 0 aromatic heterocycles. The predicted molar refractivity (Wildman–Crippen MR) is 79.5 cm³/mol. The lowest BCUT2D eigenvalue weighted by Gasteiger charge is -2.43. The average molecular weight is 334 g/mol. The van der Waals surface area contributed by atoms with Crippen molar-refractivity contribution in [3.05, 3.63) is 35.1 Å². The third-order valence-corrected chi connectivity index (χ3v) is 4.29. The minimum absolute atomic E-state index is 0.0132. The van der Waals surface area contributed by atoms with Crippen LogP contribution in [0.15, 0.2) is 18.2 Å². The number of nitrogens with zero attached hydrogens (tertiary/aromatic N) is 1. The number of hydrogen-bond acceptors (Lipinski definition) is 3. The van der Waals surface area contributed by atoms with Gasteiger partial charge in [-0.3, -0.25) is 4.90 Å². The first-order chi connectivity index (χ1) is 10.7. The molecule has 2 rings (SSSR count). The summed E-state index contributed by atoms with van der Waals surface area (Å²) in [5.74, 6) is -1.25. The molecule has 1 aliphatic rings. The highest BCUT2D eigenvalue weighted by molar-refractivity contribution is 5.31. The number of halogens is 4. The van der Waals surface area contributed by atoms with Crippen LogP contribution >= 0.6 is 0 Å². The van der Waals surface area contributed by atoms with Gasteiger partial charge in [0.1, 0.15) is 5.82 Å². The lowest BCUT2D eigenvalue weighted by molar-refractivity contribution is -0.140. The molecule has 1 aromatic rings. The van der Waals surface area contributed by atoms with Crippen molar-refractivity contribution in [2.75, 3.05) is 32.8 Å². The van der Waals surface area contributed by atoms with Crippen LogP contribution < -0.4 is 5.32 Å². The van der Waals surface area contributed by atoms with E-state index in [0.717, 1.165) is 6.07 Å². The molecule has 0 unspecified atom stereocenters. The molecule has 0 bridgehead atoms. The fraction of sp³-hybridized carbons (Fsp3) is 0.625. The Hall–Kier alpha value is -1.18. The van der Waals surface area contributed by atoms with Crippen LogP contribution in [-0.2, 0) is 6.18 Å². The van der Waals surface area contributed by atoms with Crippen LogP contribution in [-0.4, -0.2) is 42.8 Å². The van der Waals surface area contributed by atoms with Crippen molar-refractivity contribution < 1.29 is 22.7 Å². The number of nitrogens with one attached hydrogen (secondary N) is 1. The molecule has 7 heteroatoms. The van der Waals surface area contributed by atoms with Crippen LogP contribution in [0.25, 0.3) is 0 Å². The van der Waals surface area contributed by atoms with Gasteiger partial charge < -0.3 is 10.4 Å². The number of benzene rings is 1. The second-order valence-corrected chi connectivity index (χ2v) is 6.54. The predicted octanol–water partition coefficient (Wildman–Crippen LogP) is 2.81. The molecule has 23 heavy (non-hydrogen) atoms. The Bertz CT molecular complexity index is 539. The average Bonchev–Trinajstić information content (AvgIpc) is 2.49. The third-order valence-electron chi connectivity index (χ3n) is 4.29. The fourth-order valence-corrected chi connectivity index (χ4v) is 3.12. The van der Waals surface area contributed by atoms with Crippen LogP contribution in [0.1, 0.15) is 31.0 Å². The Morgan fingerprint density at radius 1 is 1.22 bits per heavy atom. The Kier molecular flexibility index (Phi) is 5.33. The highest BCUT2D eigenvalue weighted by Crippen LogP contribution is 2.42. The monoisotopic (exact) mass is 334 g/mol. The molecule has 1 heterocycles. The van der Waals surface area contributed by atoms with Gasteiger partial charge >= 0.3 is 6.18 Å². The zero-order valence-electron chi connectivity index (χ0n) is 13.3. The molecule has 0 amide bonds. The molecule has 1 aromatic carbocycles. The van der Waals surface area contributed by atoms with Crippen molar-refractivity contribution in [2.45, 2.75) is 26.1 Å². The molecule has 0 aliphatic carbocycles. The van der Waals surface area contributed by atoms with E-state index >= 15 is 0 Å². The highest BCUT2D eigenvalue weighted by Gasteiger charge is 2.41. The Morgan fingerprint density at radius 3 is 2.35 bits per heavy atom. The van der Waals surface area contributed by atoms with Gasteiger partial charge in [-0.15, -0.1) is 0 Å². The first-order valence-corrected chi connectivity index (χ1v) is 7.59. The maximum Gasteiger partial charge on any atom is 0.419 e. The van der Waals surface area contributed by atoms with Gasteiger partial charge in [-0.1, -0.05) is 26.0 Å². The van der Waals surface area contributed by atoms with E-state index in [4.69, 9.17) is 0 Å². The molecule has 2 N–H and O–H groups in total. The number of aliphatic hydroxyl groups is 1. The molecular weight excluding hydrogens is 312 g/mol. The smallest absolute Gasteiger partial charge is 0.396 e. The topological polar surface area (TPSA) is 35.5 Å². The first kappa shape index (κ1) is 18.2. The standard InChI is InChI=1S/C16H22F4N2O/c1-15(2,10-23)14(22-8-6-21-7-9-22)11-4-3-5-12(13(11)17)16(18,19)20/h3-5,14,21,23H,6-10H2,1-2H3/t14-/m1/s1. The molecule has 0 radical (unpaired) electrons. The number of aliphatic hydroxyl groups excluding tert-OH is 1. The van der Waals surface area contributed by atoms with Gasteiger partial charge in [0.2, 0.25) is 0 Å². The van der Waals surface area contributed by atoms with Crippen LogP contribution in [0.2, 0.25) is 0 Å². The Labute approximate surface area is 133 Å². The van der Waals surface area contributed by atoms with Crippen molar-refractivity contribution in [3.63, 3.8) is 0 Å². The SMILES string of the molecule is CC(C)(CO)[C@@H](c1cccc(C(F)(F)F)c1F)N1CCNCC1. The summed E-state index contributed by atoms with van der Waals surface area (Å²) in [5, 5.41) is 12.9. The molecule has 1 atom stereocenters. The molecule has 1 saturated heterocycles. The molecular formula is C16H22F4N2O. The molecule has 3 nitrogen and oxygen atoms in total. The zero-order valence-corrected chi connectivity index (χ0v) is 13.3. The van der Waals surface area contributed by atoms with Crippen molar-refractivity contribution in [3.8, 4) is 0 Å². The van der Waals surface area contributed by atoms with E-state index in [1.807, 2.05) is 4.90 Å². The van der Waals surface area contributed by atoms with Gasteiger partial charge in [0.05, 0.1) is 5.56 Å². The van der Waals surface area contributed by atoms with Crippen LogP contribution in [0, 0.1) is 11.2 Å². The lowest BCUT2D eigenvalue weighted by atomic mass is 9.79. The van der Waals surface area contributed by atoms with Crippen molar-refractivity contribution in [1.82, 2.24) is 10.2 Å². The van der Waals surface area contributed by atoms with Gasteiger partial charge in [0.25, 0.3) is 0 Å². The molecule has 130 valence electrons. The fourth-order valence-electron chi connectivity index (χ4n) is 3.12. The van der Waals surface area contributed by atoms with Crippen molar-refractivity contribution in [2.24, 2.45) is 5.41 Å². The van der Waals surface area contributed by atoms with E-state index in [-0.39, 0.29) is 12.2 Å². The van der Waals surface area contributed by atoms with E-state index in [9.17, 15) is 22.7 Å². The zero-order chi connectivity index (χ0) is 17.3. The molecule has 1 fully saturated rings. The molecule has 0 spiro atoms. The maximum absolute atomic E-state index is 14.6. The Balaban J connectivity index is 2.51. The largest absolute Gasteiger partial charge is 0.419 e. The second-order valence-electron chi connectivity index (χ2n) is 6.54. The minimum Gasteiger partial charge on any atom is -0.396 e. The maximum atomic E-state index is 14.6. The summed E-state index contributed by atoms with van der Waals surface area (Å²) in [6.07, 6.45) is -4.74. The van der Waals surface area contributed by atoms with E-state index in [0.29, 0.717) is 26.2 Å². The molecule has 0 saturated carbocycles. The van der Waals surface area contributed by atoms with Gasteiger partial charge in [-0.05, 0) is 6.07 Å². The Morgan fingerprint density at radius 2 is 1.83 bits per heavy atom. The van der Waals surface area contributed by atoms with Crippen molar-refractivity contribution in [1.29, 1.82) is 0 Å². The van der Waals surface area contributed by atoms with Gasteiger partial charge in [0, 0.05) is 49.8 Å². The number of piperazine rings is 1. The van der Waals surface area contributed by atoms with Crippen LogP contribution in [0.3, 0.4) is 0 Å². The van der Waals surface area contributed by atoms with Gasteiger partial charge in [-0.2, -0.15) is 13.2 Å². The summed E-state index contributed by atoms with van der Waals surface area (Å²) in [6.45, 7) is 5.75. The van der Waals surface area contributed by atoms with Crippen LogP contribution in [0.5, 0.6) is 0 Å². The van der Waals surface area contributed by atoms with E-state index in [1.165, 1.54) is 12.1 Å². The summed E-state index contributed by atoms with van der Waals surface area (Å²) < 4.78 is 53.6. The quantitative estimate of drug-likeness (QED) is 0.831. The summed E-state index contributed by atoms with van der Waals surface area (Å²) in [4.78, 5) is 1.94. The summed E-state index contributed by atoms with van der Waals surface area (Å²) in [7, 11) is 0. The molecule has 1 aliphatic heterocycles. The minimum atomic E-state index is -4.74. The van der Waals surface area contributed by atoms with Crippen molar-refractivity contribution >= 4 is 0 Å². The summed E-state index contributed by atoms with van der Waals surface area (Å²) >= 11 is 0. The summed E-state index contributed by atoms with van der Waals surface area (Å²) in [5.41, 5.74) is -2.05. The van der Waals surface area contributed by atoms with E-state index < -0.39 is 29.0 Å². The van der Waals surface area contributed by atoms with Gasteiger partial charge in [0.15, 0.2) is 0 Å². The first-order valence-electron chi connectivity index (χ1n) is 7.59. The number of rotatable bonds is 4. The van der Waals surface area contributed by atoms with Crippen LogP contribution in [0.4, 0.5) is 17.6 Å². The number of hydrogen-bond donors (Lipinski definition) is 2. The van der Waals surface area contributed by atoms with E-state index in [1.54, 1.807) is 13.8 Å².